The van der Waals surface area contributed by atoms with Crippen LogP contribution in [0.5, 0.6) is 0 Å². The molecule has 1 aromatic rings. The third-order valence-corrected chi connectivity index (χ3v) is 2.32. The molecular weight excluding hydrogens is 217 g/mol. The lowest BCUT2D eigenvalue weighted by atomic mass is 10.0. The number of halogens is 4. The van der Waals surface area contributed by atoms with Crippen LogP contribution in [-0.2, 0) is 10.9 Å². The number of epoxide rings is 1. The lowest BCUT2D eigenvalue weighted by Crippen LogP contribution is -2.09. The van der Waals surface area contributed by atoms with Crippen LogP contribution in [0.15, 0.2) is 18.2 Å². The van der Waals surface area contributed by atoms with Crippen molar-refractivity contribution in [1.29, 1.82) is 0 Å². The number of rotatable bonds is 1. The van der Waals surface area contributed by atoms with Crippen LogP contribution >= 0.6 is 11.6 Å². The molecule has 1 saturated heterocycles. The zero-order valence-electron chi connectivity index (χ0n) is 6.94. The Labute approximate surface area is 83.4 Å². The molecule has 1 aliphatic heterocycles. The summed E-state index contributed by atoms with van der Waals surface area (Å²) in [7, 11) is 0. The summed E-state index contributed by atoms with van der Waals surface area (Å²) in [6, 6.07) is 4.12. The molecular formula is C9H6ClF3O. The molecule has 1 fully saturated rings. The minimum absolute atomic E-state index is 0.130. The summed E-state index contributed by atoms with van der Waals surface area (Å²) in [5, 5.41) is -0.273. The molecule has 1 atom stereocenters. The van der Waals surface area contributed by atoms with Crippen LogP contribution in [0.2, 0.25) is 5.02 Å². The minimum Gasteiger partial charge on any atom is -0.368 e. The highest BCUT2D eigenvalue weighted by Gasteiger charge is 2.40. The third kappa shape index (κ3) is 1.72. The molecule has 1 heterocycles. The number of hydrogen-bond acceptors (Lipinski definition) is 1. The van der Waals surface area contributed by atoms with Crippen molar-refractivity contribution in [2.24, 2.45) is 0 Å². The SMILES string of the molecule is FC(F)(F)c1c(Cl)cccc1C1CO1. The second-order valence-corrected chi connectivity index (χ2v) is 3.43. The van der Waals surface area contributed by atoms with Crippen LogP contribution in [0.25, 0.3) is 0 Å². The third-order valence-electron chi connectivity index (χ3n) is 2.01. The standard InChI is InChI=1S/C9H6ClF3O/c10-6-3-1-2-5(7-4-14-7)8(6)9(11,12)13/h1-3,7H,4H2. The fraction of sp³-hybridized carbons (Fsp3) is 0.333. The quantitative estimate of drug-likeness (QED) is 0.664. The van der Waals surface area contributed by atoms with Crippen molar-refractivity contribution in [2.75, 3.05) is 6.61 Å². The first-order valence-electron chi connectivity index (χ1n) is 3.97. The molecule has 0 N–H and O–H groups in total. The zero-order valence-corrected chi connectivity index (χ0v) is 7.69. The molecule has 1 unspecified atom stereocenters. The molecule has 1 aromatic carbocycles. The van der Waals surface area contributed by atoms with E-state index in [1.54, 1.807) is 0 Å². The van der Waals surface area contributed by atoms with Crippen molar-refractivity contribution in [1.82, 2.24) is 0 Å². The Bertz CT molecular complexity index is 358. The molecule has 0 spiro atoms. The summed E-state index contributed by atoms with van der Waals surface area (Å²) in [6.45, 7) is 0.337. The Morgan fingerprint density at radius 1 is 1.36 bits per heavy atom. The van der Waals surface area contributed by atoms with Crippen LogP contribution in [0.3, 0.4) is 0 Å². The minimum atomic E-state index is -4.42. The van der Waals surface area contributed by atoms with Gasteiger partial charge in [-0.3, -0.25) is 0 Å². The zero-order chi connectivity index (χ0) is 10.3. The van der Waals surface area contributed by atoms with Gasteiger partial charge in [0.25, 0.3) is 0 Å². The Morgan fingerprint density at radius 3 is 2.50 bits per heavy atom. The van der Waals surface area contributed by atoms with Crippen LogP contribution in [0, 0.1) is 0 Å². The first-order valence-corrected chi connectivity index (χ1v) is 4.35. The van der Waals surface area contributed by atoms with E-state index in [2.05, 4.69) is 0 Å². The lowest BCUT2D eigenvalue weighted by Gasteiger charge is -2.12. The van der Waals surface area contributed by atoms with E-state index in [4.69, 9.17) is 16.3 Å². The number of benzene rings is 1. The van der Waals surface area contributed by atoms with Crippen molar-refractivity contribution in [3.05, 3.63) is 34.3 Å². The average Bonchev–Trinajstić information content (AvgIpc) is 2.83. The van der Waals surface area contributed by atoms with Crippen LogP contribution in [0.1, 0.15) is 17.2 Å². The first kappa shape index (κ1) is 9.80. The van der Waals surface area contributed by atoms with Gasteiger partial charge in [0.2, 0.25) is 0 Å². The van der Waals surface area contributed by atoms with Gasteiger partial charge in [0.05, 0.1) is 17.2 Å². The van der Waals surface area contributed by atoms with E-state index in [0.717, 1.165) is 0 Å². The van der Waals surface area contributed by atoms with Gasteiger partial charge in [-0.25, -0.2) is 0 Å². The topological polar surface area (TPSA) is 12.5 Å². The molecule has 2 rings (SSSR count). The van der Waals surface area contributed by atoms with Gasteiger partial charge in [-0.05, 0) is 11.6 Å². The maximum absolute atomic E-state index is 12.6. The van der Waals surface area contributed by atoms with Crippen molar-refractivity contribution in [2.45, 2.75) is 12.3 Å². The molecule has 14 heavy (non-hydrogen) atoms. The molecule has 0 saturated carbocycles. The average molecular weight is 223 g/mol. The highest BCUT2D eigenvalue weighted by Crippen LogP contribution is 2.43. The molecule has 1 nitrogen and oxygen atoms in total. The summed E-state index contributed by atoms with van der Waals surface area (Å²) in [4.78, 5) is 0. The molecule has 5 heteroatoms. The highest BCUT2D eigenvalue weighted by atomic mass is 35.5. The van der Waals surface area contributed by atoms with Crippen molar-refractivity contribution >= 4 is 11.6 Å². The Balaban J connectivity index is 2.53. The fourth-order valence-electron chi connectivity index (χ4n) is 1.34. The van der Waals surface area contributed by atoms with Crippen LogP contribution in [0.4, 0.5) is 13.2 Å². The number of ether oxygens (including phenoxy) is 1. The monoisotopic (exact) mass is 222 g/mol. The van der Waals surface area contributed by atoms with E-state index < -0.39 is 17.8 Å². The van der Waals surface area contributed by atoms with E-state index in [1.165, 1.54) is 18.2 Å². The Kier molecular flexibility index (Phi) is 2.20. The predicted molar refractivity (Wildman–Crippen MR) is 45.1 cm³/mol. The highest BCUT2D eigenvalue weighted by molar-refractivity contribution is 6.31. The van der Waals surface area contributed by atoms with Gasteiger partial charge >= 0.3 is 6.18 Å². The van der Waals surface area contributed by atoms with Crippen molar-refractivity contribution in [3.8, 4) is 0 Å². The molecule has 0 bridgehead atoms. The van der Waals surface area contributed by atoms with Gasteiger partial charge in [0.15, 0.2) is 0 Å². The molecule has 0 radical (unpaired) electrons. The lowest BCUT2D eigenvalue weighted by molar-refractivity contribution is -0.138. The summed E-state index contributed by atoms with van der Waals surface area (Å²) < 4.78 is 42.5. The summed E-state index contributed by atoms with van der Waals surface area (Å²) in [6.07, 6.45) is -4.86. The fourth-order valence-corrected chi connectivity index (χ4v) is 1.62. The van der Waals surface area contributed by atoms with Crippen molar-refractivity contribution < 1.29 is 17.9 Å². The smallest absolute Gasteiger partial charge is 0.368 e. The number of alkyl halides is 3. The molecule has 0 aromatic heterocycles. The number of hydrogen-bond donors (Lipinski definition) is 0. The largest absolute Gasteiger partial charge is 0.418 e. The second-order valence-electron chi connectivity index (χ2n) is 3.02. The van der Waals surface area contributed by atoms with Gasteiger partial charge in [0, 0.05) is 0 Å². The normalized spacial score (nSPS) is 21.0. The van der Waals surface area contributed by atoms with E-state index >= 15 is 0 Å². The maximum atomic E-state index is 12.6. The summed E-state index contributed by atoms with van der Waals surface area (Å²) in [5.41, 5.74) is -0.644. The molecule has 1 aliphatic rings. The molecule has 0 amide bonds. The van der Waals surface area contributed by atoms with Gasteiger partial charge in [-0.15, -0.1) is 0 Å². The Morgan fingerprint density at radius 2 is 2.00 bits per heavy atom. The van der Waals surface area contributed by atoms with Gasteiger partial charge in [-0.1, -0.05) is 23.7 Å². The summed E-state index contributed by atoms with van der Waals surface area (Å²) >= 11 is 5.51. The molecule has 0 aliphatic carbocycles. The molecule has 76 valence electrons. The Hall–Kier alpha value is -0.740. The van der Waals surface area contributed by atoms with E-state index in [-0.39, 0.29) is 10.6 Å². The van der Waals surface area contributed by atoms with E-state index in [9.17, 15) is 13.2 Å². The van der Waals surface area contributed by atoms with Crippen LogP contribution in [-0.4, -0.2) is 6.61 Å². The van der Waals surface area contributed by atoms with E-state index in [1.807, 2.05) is 0 Å². The first-order chi connectivity index (χ1) is 6.50. The van der Waals surface area contributed by atoms with Gasteiger partial charge in [0.1, 0.15) is 6.10 Å². The maximum Gasteiger partial charge on any atom is 0.418 e. The van der Waals surface area contributed by atoms with Gasteiger partial charge < -0.3 is 4.74 Å². The van der Waals surface area contributed by atoms with Crippen molar-refractivity contribution in [3.63, 3.8) is 0 Å². The van der Waals surface area contributed by atoms with Crippen LogP contribution < -0.4 is 0 Å². The predicted octanol–water partition coefficient (Wildman–Crippen LogP) is 3.43. The van der Waals surface area contributed by atoms with Gasteiger partial charge in [-0.2, -0.15) is 13.2 Å². The van der Waals surface area contributed by atoms with E-state index in [0.29, 0.717) is 6.61 Å². The summed E-state index contributed by atoms with van der Waals surface area (Å²) in [5.74, 6) is 0. The second kappa shape index (κ2) is 3.14.